The van der Waals surface area contributed by atoms with Crippen LogP contribution >= 0.6 is 0 Å². The van der Waals surface area contributed by atoms with E-state index < -0.39 is 23.9 Å². The monoisotopic (exact) mass is 569 g/mol. The van der Waals surface area contributed by atoms with Crippen LogP contribution in [0.25, 0.3) is 10.4 Å². The maximum absolute atomic E-state index is 13.6. The largest absolute Gasteiger partial charge is 0.382 e. The molecule has 2 heterocycles. The van der Waals surface area contributed by atoms with Gasteiger partial charge in [0.1, 0.15) is 11.7 Å². The highest BCUT2D eigenvalue weighted by molar-refractivity contribution is 5.84. The molecule has 0 unspecified atom stereocenters. The Labute approximate surface area is 239 Å². The summed E-state index contributed by atoms with van der Waals surface area (Å²) in [5.41, 5.74) is 8.13. The minimum atomic E-state index is -1.36. The van der Waals surface area contributed by atoms with Crippen LogP contribution in [0.15, 0.2) is 17.3 Å². The molecule has 0 aromatic rings. The molecular weight excluding hydrogens is 518 g/mol. The molecule has 11 nitrogen and oxygen atoms in total. The molecule has 0 saturated carbocycles. The van der Waals surface area contributed by atoms with Gasteiger partial charge in [-0.1, -0.05) is 38.0 Å². The summed E-state index contributed by atoms with van der Waals surface area (Å²) in [7, 11) is 4.95. The van der Waals surface area contributed by atoms with Crippen LogP contribution in [-0.2, 0) is 33.2 Å². The average Bonchev–Trinajstić information content (AvgIpc) is 2.90. The van der Waals surface area contributed by atoms with Crippen molar-refractivity contribution in [2.75, 3.05) is 41.1 Å². The lowest BCUT2D eigenvalue weighted by Gasteiger charge is -2.49. The number of ketones is 1. The summed E-state index contributed by atoms with van der Waals surface area (Å²) in [5, 5.41) is 14.8. The van der Waals surface area contributed by atoms with Crippen molar-refractivity contribution < 1.29 is 38.3 Å². The summed E-state index contributed by atoms with van der Waals surface area (Å²) in [4.78, 5) is 16.4. The minimum absolute atomic E-state index is 0.0714. The molecule has 9 atom stereocenters. The third-order valence-corrected chi connectivity index (χ3v) is 8.77. The lowest BCUT2D eigenvalue weighted by Crippen LogP contribution is -2.57. The Morgan fingerprint density at radius 3 is 2.55 bits per heavy atom. The summed E-state index contributed by atoms with van der Waals surface area (Å²) >= 11 is 0. The van der Waals surface area contributed by atoms with E-state index in [9.17, 15) is 9.90 Å². The topological polar surface area (TPSA) is 141 Å². The van der Waals surface area contributed by atoms with Crippen molar-refractivity contribution in [2.45, 2.75) is 115 Å². The Morgan fingerprint density at radius 2 is 1.98 bits per heavy atom. The normalized spacial score (nSPS) is 32.6. The number of ether oxygens (including phenoxy) is 6. The van der Waals surface area contributed by atoms with Gasteiger partial charge in [-0.05, 0) is 25.8 Å². The van der Waals surface area contributed by atoms with Gasteiger partial charge in [-0.15, -0.1) is 0 Å². The number of Topliss-reactive ketones (excluding diaryl/α,β-unsaturated/α-hetero) is 1. The van der Waals surface area contributed by atoms with Crippen molar-refractivity contribution in [3.63, 3.8) is 0 Å². The van der Waals surface area contributed by atoms with Crippen LogP contribution < -0.4 is 0 Å². The van der Waals surface area contributed by atoms with Crippen LogP contribution in [0.3, 0.4) is 0 Å². The molecule has 0 spiro atoms. The molecule has 2 rings (SSSR count). The van der Waals surface area contributed by atoms with E-state index in [1.165, 1.54) is 0 Å². The second-order valence-electron chi connectivity index (χ2n) is 12.0. The molecule has 0 amide bonds. The molecule has 0 radical (unpaired) electrons. The van der Waals surface area contributed by atoms with Crippen molar-refractivity contribution >= 4 is 5.78 Å². The van der Waals surface area contributed by atoms with Crippen LogP contribution in [-0.4, -0.2) is 100 Å². The number of nitrogens with zero attached hydrogens (tertiary/aromatic N) is 3. The van der Waals surface area contributed by atoms with Gasteiger partial charge in [-0.3, -0.25) is 4.79 Å². The summed E-state index contributed by atoms with van der Waals surface area (Å²) in [6, 6.07) is 0. The molecule has 0 aromatic carbocycles. The molecule has 0 aromatic heterocycles. The number of carbonyl (C=O) groups is 1. The van der Waals surface area contributed by atoms with Gasteiger partial charge in [0.25, 0.3) is 0 Å². The molecule has 0 bridgehead atoms. The molecule has 11 heteroatoms. The Hall–Kier alpha value is -1.56. The number of aliphatic hydroxyl groups is 1. The number of carbonyl (C=O) groups excluding carboxylic acids is 1. The van der Waals surface area contributed by atoms with E-state index in [1.807, 2.05) is 13.8 Å². The Kier molecular flexibility index (Phi) is 13.5. The predicted molar refractivity (Wildman–Crippen MR) is 151 cm³/mol. The number of hydrogen-bond acceptors (Lipinski definition) is 9. The second kappa shape index (κ2) is 15.6. The molecule has 1 N–H and O–H groups in total. The fraction of sp³-hybridized carbons (Fsp3) is 0.897. The van der Waals surface area contributed by atoms with Crippen molar-refractivity contribution in [1.82, 2.24) is 0 Å². The van der Waals surface area contributed by atoms with E-state index >= 15 is 0 Å². The number of azide groups is 1. The summed E-state index contributed by atoms with van der Waals surface area (Å²) in [6.07, 6.45) is -1.40. The third kappa shape index (κ3) is 8.72. The molecule has 230 valence electrons. The van der Waals surface area contributed by atoms with E-state index in [0.29, 0.717) is 32.3 Å². The highest BCUT2D eigenvalue weighted by Gasteiger charge is 2.50. The van der Waals surface area contributed by atoms with Crippen LogP contribution in [0.2, 0.25) is 0 Å². The van der Waals surface area contributed by atoms with Gasteiger partial charge >= 0.3 is 0 Å². The van der Waals surface area contributed by atoms with Crippen LogP contribution in [0.1, 0.15) is 66.7 Å². The van der Waals surface area contributed by atoms with Gasteiger partial charge in [-0.25, -0.2) is 0 Å². The van der Waals surface area contributed by atoms with Crippen molar-refractivity contribution in [1.29, 1.82) is 0 Å². The third-order valence-electron chi connectivity index (χ3n) is 8.77. The number of rotatable bonds is 16. The summed E-state index contributed by atoms with van der Waals surface area (Å²) in [5.74, 6) is -0.247. The fourth-order valence-corrected chi connectivity index (χ4v) is 5.86. The standard InChI is InChI=1S/C29H51N3O8/c1-18-16-29(6,40-20(3)19(18)2)27(34)22(33)14-23(38-12-10-11-31-32-30)24-15-25(37-9)28(4,5)26(39-24)13-21(36-8)17-35-7/h19-21,23-27,34H,1,10-17H2,2-9H3/t19-,20-,21+,23-,24+,25-,26-,27-,29-/m1/s1. The van der Waals surface area contributed by atoms with Gasteiger partial charge in [0.05, 0.1) is 43.2 Å². The van der Waals surface area contributed by atoms with Crippen molar-refractivity contribution in [2.24, 2.45) is 16.4 Å². The quantitative estimate of drug-likeness (QED) is 0.0948. The second-order valence-corrected chi connectivity index (χ2v) is 12.0. The fourth-order valence-electron chi connectivity index (χ4n) is 5.86. The smallest absolute Gasteiger partial charge is 0.166 e. The molecular formula is C29H51N3O8. The maximum atomic E-state index is 13.6. The lowest BCUT2D eigenvalue weighted by atomic mass is 9.73. The minimum Gasteiger partial charge on any atom is -0.382 e. The van der Waals surface area contributed by atoms with E-state index in [2.05, 4.69) is 30.5 Å². The van der Waals surface area contributed by atoms with Gasteiger partial charge in [0.15, 0.2) is 5.78 Å². The van der Waals surface area contributed by atoms with E-state index in [-0.39, 0.29) is 61.1 Å². The van der Waals surface area contributed by atoms with Crippen LogP contribution in [0.4, 0.5) is 0 Å². The van der Waals surface area contributed by atoms with E-state index in [4.69, 9.17) is 34.0 Å². The number of methoxy groups -OCH3 is 3. The molecule has 0 aliphatic carbocycles. The van der Waals surface area contributed by atoms with E-state index in [0.717, 1.165) is 5.57 Å². The summed E-state index contributed by atoms with van der Waals surface area (Å²) in [6.45, 7) is 15.0. The van der Waals surface area contributed by atoms with Crippen LogP contribution in [0, 0.1) is 11.3 Å². The first-order valence-electron chi connectivity index (χ1n) is 14.2. The maximum Gasteiger partial charge on any atom is 0.166 e. The van der Waals surface area contributed by atoms with E-state index in [1.54, 1.807) is 28.3 Å². The Bertz CT molecular complexity index is 879. The zero-order valence-corrected chi connectivity index (χ0v) is 25.6. The van der Waals surface area contributed by atoms with Crippen molar-refractivity contribution in [3.8, 4) is 0 Å². The SMILES string of the molecule is C=C1C[C@](C)([C@H](O)C(=O)C[C@@H](OCCCN=[N+]=[N-])[C@@H]2C[C@@H](OC)C(C)(C)[C@@H](C[C@@H](COC)OC)O2)O[C@H](C)[C@@H]1C. The summed E-state index contributed by atoms with van der Waals surface area (Å²) < 4.78 is 35.9. The first-order valence-corrected chi connectivity index (χ1v) is 14.2. The predicted octanol–water partition coefficient (Wildman–Crippen LogP) is 4.40. The highest BCUT2D eigenvalue weighted by Crippen LogP contribution is 2.42. The van der Waals surface area contributed by atoms with Gasteiger partial charge in [-0.2, -0.15) is 0 Å². The van der Waals surface area contributed by atoms with Gasteiger partial charge in [0.2, 0.25) is 0 Å². The first-order chi connectivity index (χ1) is 18.8. The van der Waals surface area contributed by atoms with Gasteiger partial charge < -0.3 is 33.5 Å². The number of hydrogen-bond donors (Lipinski definition) is 1. The zero-order chi connectivity index (χ0) is 30.1. The number of aliphatic hydroxyl groups excluding tert-OH is 1. The molecule has 40 heavy (non-hydrogen) atoms. The molecule has 2 aliphatic rings. The molecule has 2 aliphatic heterocycles. The highest BCUT2D eigenvalue weighted by atomic mass is 16.6. The van der Waals surface area contributed by atoms with Gasteiger partial charge in [0, 0.05) is 76.4 Å². The lowest BCUT2D eigenvalue weighted by molar-refractivity contribution is -0.222. The molecule has 2 fully saturated rings. The Morgan fingerprint density at radius 1 is 1.27 bits per heavy atom. The first kappa shape index (κ1) is 34.6. The zero-order valence-electron chi connectivity index (χ0n) is 25.6. The average molecular weight is 570 g/mol. The molecule has 2 saturated heterocycles. The van der Waals surface area contributed by atoms with Crippen LogP contribution in [0.5, 0.6) is 0 Å². The Balaban J connectivity index is 2.27. The van der Waals surface area contributed by atoms with Crippen molar-refractivity contribution in [3.05, 3.63) is 22.6 Å².